The van der Waals surface area contributed by atoms with Gasteiger partial charge in [0.2, 0.25) is 23.6 Å². The summed E-state index contributed by atoms with van der Waals surface area (Å²) in [5.41, 5.74) is 0. The Morgan fingerprint density at radius 2 is 1.07 bits per heavy atom. The number of aliphatic hydroxyl groups excluding tert-OH is 1. The molecule has 18 nitrogen and oxygen atoms in total. The summed E-state index contributed by atoms with van der Waals surface area (Å²) >= 11 is 0. The third-order valence-corrected chi connectivity index (χ3v) is 5.75. The van der Waals surface area contributed by atoms with Gasteiger partial charge < -0.3 is 51.7 Å². The van der Waals surface area contributed by atoms with Crippen LogP contribution in [0.1, 0.15) is 58.3 Å². The topological polar surface area (TPSA) is 287 Å². The summed E-state index contributed by atoms with van der Waals surface area (Å²) in [5, 5.41) is 47.6. The number of hydrogen-bond donors (Lipinski definition) is 9. The number of unbranched alkanes of at least 4 members (excludes halogenated alkanes) is 3. The molecule has 4 amide bonds. The molecule has 0 aromatic rings. The molecule has 244 valence electrons. The van der Waals surface area contributed by atoms with Crippen molar-refractivity contribution in [1.82, 2.24) is 26.6 Å². The molecule has 0 aromatic carbocycles. The smallest absolute Gasteiger partial charge is 0.308 e. The van der Waals surface area contributed by atoms with Crippen LogP contribution in [-0.2, 0) is 43.1 Å². The lowest BCUT2D eigenvalue weighted by atomic mass is 10.1. The lowest BCUT2D eigenvalue weighted by Gasteiger charge is -2.25. The fourth-order valence-corrected chi connectivity index (χ4v) is 3.57. The highest BCUT2D eigenvalue weighted by Gasteiger charge is 2.34. The summed E-state index contributed by atoms with van der Waals surface area (Å²) in [7, 11) is 1.26. The first kappa shape index (κ1) is 38.7. The number of carboxylic acids is 3. The molecule has 0 aliphatic heterocycles. The fourth-order valence-electron chi connectivity index (χ4n) is 3.57. The summed E-state index contributed by atoms with van der Waals surface area (Å²) in [4.78, 5) is 97.2. The van der Waals surface area contributed by atoms with Crippen LogP contribution in [0.15, 0.2) is 0 Å². The van der Waals surface area contributed by atoms with Crippen molar-refractivity contribution in [2.24, 2.45) is 0 Å². The highest BCUT2D eigenvalue weighted by molar-refractivity contribution is 5.98. The SMILES string of the molecule is CCCCCCNC(=O)C(CC(=O)O)NC(=O)C(CC(=O)O)NC(=O)C(CC(=O)OCCO)NC(=O)C(CC(=O)O)NC. The molecule has 0 bridgehead atoms. The number of carbonyl (C=O) groups excluding carboxylic acids is 5. The van der Waals surface area contributed by atoms with Gasteiger partial charge in [-0.15, -0.1) is 0 Å². The zero-order chi connectivity index (χ0) is 32.9. The maximum absolute atomic E-state index is 13.1. The zero-order valence-corrected chi connectivity index (χ0v) is 24.1. The number of carboxylic acid groups (broad SMARTS) is 3. The van der Waals surface area contributed by atoms with Gasteiger partial charge in [-0.2, -0.15) is 0 Å². The van der Waals surface area contributed by atoms with E-state index in [-0.39, 0.29) is 6.54 Å². The normalized spacial score (nSPS) is 13.4. The Hall–Kier alpha value is -4.32. The number of aliphatic carboxylic acids is 3. The first-order valence-corrected chi connectivity index (χ1v) is 13.5. The summed E-state index contributed by atoms with van der Waals surface area (Å²) < 4.78 is 4.69. The lowest BCUT2D eigenvalue weighted by Crippen LogP contribution is -2.59. The van der Waals surface area contributed by atoms with Crippen molar-refractivity contribution in [3.05, 3.63) is 0 Å². The highest BCUT2D eigenvalue weighted by atomic mass is 16.5. The quantitative estimate of drug-likeness (QED) is 0.0409. The van der Waals surface area contributed by atoms with E-state index in [0.29, 0.717) is 6.42 Å². The van der Waals surface area contributed by atoms with Crippen LogP contribution in [0.2, 0.25) is 0 Å². The Labute approximate surface area is 247 Å². The minimum absolute atomic E-state index is 0.198. The summed E-state index contributed by atoms with van der Waals surface area (Å²) in [5.74, 6) is -9.84. The molecule has 18 heteroatoms. The fraction of sp³-hybridized carbons (Fsp3) is 0.680. The van der Waals surface area contributed by atoms with Gasteiger partial charge in [-0.3, -0.25) is 38.4 Å². The molecule has 4 unspecified atom stereocenters. The van der Waals surface area contributed by atoms with E-state index in [0.717, 1.165) is 19.3 Å². The van der Waals surface area contributed by atoms with Gasteiger partial charge in [0, 0.05) is 6.54 Å². The van der Waals surface area contributed by atoms with E-state index in [1.54, 1.807) is 0 Å². The molecule has 0 aromatic heterocycles. The second kappa shape index (κ2) is 21.4. The number of likely N-dealkylation sites (N-methyl/N-ethyl adjacent to an activating group) is 1. The van der Waals surface area contributed by atoms with Gasteiger partial charge in [0.15, 0.2) is 0 Å². The van der Waals surface area contributed by atoms with Crippen molar-refractivity contribution in [1.29, 1.82) is 0 Å². The third-order valence-electron chi connectivity index (χ3n) is 5.75. The molecule has 0 spiro atoms. The van der Waals surface area contributed by atoms with E-state index in [1.807, 2.05) is 6.92 Å². The molecule has 0 rings (SSSR count). The van der Waals surface area contributed by atoms with Gasteiger partial charge >= 0.3 is 23.9 Å². The molecule has 0 radical (unpaired) electrons. The van der Waals surface area contributed by atoms with Crippen LogP contribution in [0.3, 0.4) is 0 Å². The molecule has 0 aliphatic rings. The van der Waals surface area contributed by atoms with Crippen molar-refractivity contribution in [2.75, 3.05) is 26.8 Å². The van der Waals surface area contributed by atoms with E-state index in [2.05, 4.69) is 31.3 Å². The molecule has 9 N–H and O–H groups in total. The average molecular weight is 620 g/mol. The Morgan fingerprint density at radius 3 is 1.51 bits per heavy atom. The summed E-state index contributed by atoms with van der Waals surface area (Å²) in [6.07, 6.45) is -0.206. The van der Waals surface area contributed by atoms with Gasteiger partial charge in [-0.25, -0.2) is 0 Å². The number of hydrogen-bond acceptors (Lipinski definition) is 11. The maximum atomic E-state index is 13.1. The molecule has 0 aliphatic carbocycles. The Balaban J connectivity index is 5.87. The molecule has 43 heavy (non-hydrogen) atoms. The molecular weight excluding hydrogens is 578 g/mol. The number of nitrogens with one attached hydrogen (secondary N) is 5. The standard InChI is InChI=1S/C25H41N5O13/c1-3-4-5-6-7-27-22(39)15(11-19(34)35)28-24(41)16(12-20(36)37)29-25(42)17(13-21(38)43-9-8-31)30-23(40)14(26-2)10-18(32)33/h14-17,26,31H,3-13H2,1-2H3,(H,27,39)(H,28,41)(H,29,42)(H,30,40)(H,32,33)(H,34,35)(H,36,37). The van der Waals surface area contributed by atoms with Gasteiger partial charge in [0.05, 0.1) is 38.3 Å². The van der Waals surface area contributed by atoms with Crippen molar-refractivity contribution < 1.29 is 63.5 Å². The molecule has 0 fully saturated rings. The monoisotopic (exact) mass is 619 g/mol. The number of rotatable bonds is 23. The van der Waals surface area contributed by atoms with Crippen molar-refractivity contribution in [2.45, 2.75) is 82.5 Å². The minimum Gasteiger partial charge on any atom is -0.481 e. The number of ether oxygens (including phenoxy) is 1. The number of amides is 4. The summed E-state index contributed by atoms with van der Waals surface area (Å²) in [6.45, 7) is 1.18. The van der Waals surface area contributed by atoms with E-state index in [4.69, 9.17) is 10.2 Å². The highest BCUT2D eigenvalue weighted by Crippen LogP contribution is 2.04. The Morgan fingerprint density at radius 1 is 0.628 bits per heavy atom. The summed E-state index contributed by atoms with van der Waals surface area (Å²) in [6, 6.07) is -6.67. The first-order valence-electron chi connectivity index (χ1n) is 13.5. The van der Waals surface area contributed by atoms with Crippen LogP contribution in [0.5, 0.6) is 0 Å². The average Bonchev–Trinajstić information content (AvgIpc) is 2.92. The maximum Gasteiger partial charge on any atom is 0.308 e. The third kappa shape index (κ3) is 17.3. The van der Waals surface area contributed by atoms with E-state index >= 15 is 0 Å². The van der Waals surface area contributed by atoms with Crippen molar-refractivity contribution >= 4 is 47.5 Å². The van der Waals surface area contributed by atoms with Gasteiger partial charge in [-0.05, 0) is 13.5 Å². The second-order valence-corrected chi connectivity index (χ2v) is 9.32. The van der Waals surface area contributed by atoms with E-state index in [9.17, 15) is 48.6 Å². The molecule has 0 saturated carbocycles. The van der Waals surface area contributed by atoms with Crippen LogP contribution in [0.4, 0.5) is 0 Å². The number of carbonyl (C=O) groups is 8. The largest absolute Gasteiger partial charge is 0.481 e. The number of esters is 1. The first-order chi connectivity index (χ1) is 20.2. The van der Waals surface area contributed by atoms with E-state index < -0.39 is 111 Å². The molecule has 0 saturated heterocycles. The predicted octanol–water partition coefficient (Wildman–Crippen LogP) is -2.92. The Bertz CT molecular complexity index is 991. The minimum atomic E-state index is -1.90. The lowest BCUT2D eigenvalue weighted by molar-refractivity contribution is -0.148. The molecule has 0 heterocycles. The molecule has 4 atom stereocenters. The van der Waals surface area contributed by atoms with Gasteiger partial charge in [-0.1, -0.05) is 26.2 Å². The van der Waals surface area contributed by atoms with Crippen LogP contribution in [0, 0.1) is 0 Å². The second-order valence-electron chi connectivity index (χ2n) is 9.32. The van der Waals surface area contributed by atoms with Crippen LogP contribution in [-0.4, -0.2) is 119 Å². The van der Waals surface area contributed by atoms with Crippen LogP contribution < -0.4 is 26.6 Å². The van der Waals surface area contributed by atoms with Crippen LogP contribution in [0.25, 0.3) is 0 Å². The number of aliphatic hydroxyl groups is 1. The van der Waals surface area contributed by atoms with Crippen molar-refractivity contribution in [3.8, 4) is 0 Å². The molecular formula is C25H41N5O13. The predicted molar refractivity (Wildman–Crippen MR) is 145 cm³/mol. The van der Waals surface area contributed by atoms with Gasteiger partial charge in [0.25, 0.3) is 0 Å². The van der Waals surface area contributed by atoms with Crippen LogP contribution >= 0.6 is 0 Å². The van der Waals surface area contributed by atoms with Crippen molar-refractivity contribution in [3.63, 3.8) is 0 Å². The Kier molecular flexibility index (Phi) is 19.2. The zero-order valence-electron chi connectivity index (χ0n) is 24.1. The van der Waals surface area contributed by atoms with E-state index in [1.165, 1.54) is 7.05 Å². The van der Waals surface area contributed by atoms with Gasteiger partial charge in [0.1, 0.15) is 24.7 Å².